The maximum Gasteiger partial charge on any atom is 0.414 e. The van der Waals surface area contributed by atoms with E-state index in [1.165, 1.54) is 0 Å². The summed E-state index contributed by atoms with van der Waals surface area (Å²) in [7, 11) is 0. The molecular formula is C8H10F3NO2. The molecule has 0 radical (unpaired) electrons. The fourth-order valence-corrected chi connectivity index (χ4v) is 2.09. The van der Waals surface area contributed by atoms with Gasteiger partial charge in [0.1, 0.15) is 18.3 Å². The van der Waals surface area contributed by atoms with Crippen LogP contribution in [0, 0.1) is 0 Å². The van der Waals surface area contributed by atoms with Gasteiger partial charge in [-0.25, -0.2) is 14.1 Å². The summed E-state index contributed by atoms with van der Waals surface area (Å²) < 4.78 is 42.8. The zero-order valence-electron chi connectivity index (χ0n) is 7.33. The molecule has 0 aromatic carbocycles. The van der Waals surface area contributed by atoms with E-state index in [1.54, 1.807) is 0 Å². The van der Waals surface area contributed by atoms with Crippen LogP contribution in [0.5, 0.6) is 0 Å². The number of hydrogen-bond acceptors (Lipinski definition) is 2. The van der Waals surface area contributed by atoms with Crippen molar-refractivity contribution < 1.29 is 22.7 Å². The Kier molecular flexibility index (Phi) is 2.28. The summed E-state index contributed by atoms with van der Waals surface area (Å²) in [5.74, 6) is 0. The molecule has 0 spiro atoms. The Morgan fingerprint density at radius 3 is 2.79 bits per heavy atom. The van der Waals surface area contributed by atoms with Crippen LogP contribution >= 0.6 is 0 Å². The topological polar surface area (TPSA) is 29.5 Å². The molecule has 14 heavy (non-hydrogen) atoms. The highest BCUT2D eigenvalue weighted by atomic mass is 19.3. The maximum atomic E-state index is 13.3. The minimum absolute atomic E-state index is 0.217. The van der Waals surface area contributed by atoms with Crippen LogP contribution in [0.15, 0.2) is 0 Å². The van der Waals surface area contributed by atoms with Gasteiger partial charge >= 0.3 is 12.6 Å². The minimum Gasteiger partial charge on any atom is -0.444 e. The predicted molar refractivity (Wildman–Crippen MR) is 40.6 cm³/mol. The van der Waals surface area contributed by atoms with Crippen molar-refractivity contribution in [1.29, 1.82) is 0 Å². The van der Waals surface area contributed by atoms with Crippen molar-refractivity contribution in [2.24, 2.45) is 0 Å². The molecule has 2 fully saturated rings. The van der Waals surface area contributed by atoms with E-state index >= 15 is 0 Å². The smallest absolute Gasteiger partial charge is 0.414 e. The average Bonchev–Trinajstić information content (AvgIpc) is 2.42. The van der Waals surface area contributed by atoms with Crippen molar-refractivity contribution in [3.63, 3.8) is 0 Å². The number of carbonyl (C=O) groups excluding carboxylic acids is 1. The van der Waals surface area contributed by atoms with E-state index in [-0.39, 0.29) is 11.3 Å². The van der Waals surface area contributed by atoms with E-state index in [1.807, 2.05) is 0 Å². The van der Waals surface area contributed by atoms with Gasteiger partial charge in [0.2, 0.25) is 0 Å². The number of halogens is 3. The van der Waals surface area contributed by atoms with Crippen LogP contribution in [0.4, 0.5) is 18.0 Å². The fraction of sp³-hybridized carbons (Fsp3) is 0.875. The molecule has 3 atom stereocenters. The quantitative estimate of drug-likeness (QED) is 0.617. The normalized spacial score (nSPS) is 37.3. The molecule has 0 aromatic rings. The second-order valence-electron chi connectivity index (χ2n) is 3.54. The van der Waals surface area contributed by atoms with Gasteiger partial charge in [-0.3, -0.25) is 0 Å². The van der Waals surface area contributed by atoms with Gasteiger partial charge in [0.15, 0.2) is 0 Å². The van der Waals surface area contributed by atoms with Crippen LogP contribution in [0.1, 0.15) is 19.3 Å². The lowest BCUT2D eigenvalue weighted by Gasteiger charge is -2.30. The summed E-state index contributed by atoms with van der Waals surface area (Å²) in [4.78, 5) is 11.2. The first-order chi connectivity index (χ1) is 6.61. The van der Waals surface area contributed by atoms with Gasteiger partial charge in [-0.1, -0.05) is 0 Å². The zero-order valence-corrected chi connectivity index (χ0v) is 7.33. The van der Waals surface area contributed by atoms with Crippen LogP contribution in [0.3, 0.4) is 0 Å². The molecule has 2 aliphatic rings. The molecule has 2 rings (SSSR count). The minimum atomic E-state index is -2.98. The van der Waals surface area contributed by atoms with Gasteiger partial charge in [0.05, 0.1) is 0 Å². The van der Waals surface area contributed by atoms with E-state index in [9.17, 15) is 18.0 Å². The largest absolute Gasteiger partial charge is 0.444 e. The number of hydrogen-bond donors (Lipinski definition) is 0. The number of rotatable bonds is 1. The molecule has 1 saturated carbocycles. The lowest BCUT2D eigenvalue weighted by atomic mass is 9.91. The summed E-state index contributed by atoms with van der Waals surface area (Å²) in [6.45, 7) is -2.98. The van der Waals surface area contributed by atoms with Crippen LogP contribution in [0.2, 0.25) is 0 Å². The lowest BCUT2D eigenvalue weighted by Crippen LogP contribution is -2.48. The highest BCUT2D eigenvalue weighted by molar-refractivity contribution is 5.71. The number of carbonyl (C=O) groups is 1. The van der Waals surface area contributed by atoms with Crippen LogP contribution in [0.25, 0.3) is 0 Å². The molecule has 3 nitrogen and oxygen atoms in total. The molecular weight excluding hydrogens is 199 g/mol. The highest BCUT2D eigenvalue weighted by Crippen LogP contribution is 2.35. The van der Waals surface area contributed by atoms with Crippen LogP contribution in [-0.4, -0.2) is 35.9 Å². The third kappa shape index (κ3) is 1.33. The third-order valence-corrected chi connectivity index (χ3v) is 2.71. The van der Waals surface area contributed by atoms with Gasteiger partial charge in [-0.2, -0.15) is 8.78 Å². The fourth-order valence-electron chi connectivity index (χ4n) is 2.09. The first-order valence-corrected chi connectivity index (χ1v) is 4.52. The number of nitrogens with zero attached hydrogens (tertiary/aromatic N) is 1. The van der Waals surface area contributed by atoms with Crippen LogP contribution in [-0.2, 0) is 4.74 Å². The lowest BCUT2D eigenvalue weighted by molar-refractivity contribution is -0.0370. The summed E-state index contributed by atoms with van der Waals surface area (Å²) in [6.07, 6.45) is -1.91. The van der Waals surface area contributed by atoms with E-state index < -0.39 is 31.0 Å². The Morgan fingerprint density at radius 2 is 2.14 bits per heavy atom. The summed E-state index contributed by atoms with van der Waals surface area (Å²) in [5, 5.41) is 0. The summed E-state index contributed by atoms with van der Waals surface area (Å²) >= 11 is 0. The number of amides is 1. The van der Waals surface area contributed by atoms with E-state index in [0.717, 1.165) is 0 Å². The highest BCUT2D eigenvalue weighted by Gasteiger charge is 2.51. The van der Waals surface area contributed by atoms with Crippen molar-refractivity contribution in [3.8, 4) is 0 Å². The first-order valence-electron chi connectivity index (χ1n) is 4.52. The van der Waals surface area contributed by atoms with E-state index in [4.69, 9.17) is 0 Å². The monoisotopic (exact) mass is 209 g/mol. The Balaban J connectivity index is 2.20. The number of ether oxygens (including phenoxy) is 1. The number of alkyl halides is 3. The Hall–Kier alpha value is -0.940. The molecule has 1 saturated heterocycles. The van der Waals surface area contributed by atoms with E-state index in [0.29, 0.717) is 12.8 Å². The molecule has 0 bridgehead atoms. The van der Waals surface area contributed by atoms with Crippen molar-refractivity contribution in [2.45, 2.75) is 44.1 Å². The van der Waals surface area contributed by atoms with Crippen molar-refractivity contribution in [2.75, 3.05) is 0 Å². The second-order valence-corrected chi connectivity index (χ2v) is 3.54. The summed E-state index contributed by atoms with van der Waals surface area (Å²) in [5.41, 5.74) is 0. The molecule has 6 heteroatoms. The first kappa shape index (κ1) is 9.61. The van der Waals surface area contributed by atoms with Gasteiger partial charge in [-0.15, -0.1) is 0 Å². The van der Waals surface area contributed by atoms with Gasteiger partial charge < -0.3 is 4.74 Å². The Bertz CT molecular complexity index is 249. The predicted octanol–water partition coefficient (Wildman–Crippen LogP) is 1.92. The molecule has 3 unspecified atom stereocenters. The molecule has 1 amide bonds. The summed E-state index contributed by atoms with van der Waals surface area (Å²) in [6, 6.07) is -1.09. The molecule has 0 N–H and O–H groups in total. The SMILES string of the molecule is O=C1OC2CCCC(F)C2N1C(F)F. The van der Waals surface area contributed by atoms with Gasteiger partial charge in [0, 0.05) is 0 Å². The average molecular weight is 209 g/mol. The standard InChI is InChI=1S/C8H10F3NO2/c9-4-2-1-3-5-6(4)12(7(10)11)8(13)14-5/h4-7H,1-3H2. The molecule has 1 heterocycles. The molecule has 1 aliphatic heterocycles. The maximum absolute atomic E-state index is 13.3. The molecule has 0 aromatic heterocycles. The van der Waals surface area contributed by atoms with Crippen molar-refractivity contribution >= 4 is 6.09 Å². The van der Waals surface area contributed by atoms with Gasteiger partial charge in [0.25, 0.3) is 0 Å². The zero-order chi connectivity index (χ0) is 10.3. The Morgan fingerprint density at radius 1 is 1.43 bits per heavy atom. The van der Waals surface area contributed by atoms with E-state index in [2.05, 4.69) is 4.74 Å². The van der Waals surface area contributed by atoms with Crippen molar-refractivity contribution in [1.82, 2.24) is 4.90 Å². The second kappa shape index (κ2) is 3.33. The number of fused-ring (bicyclic) bond motifs is 1. The van der Waals surface area contributed by atoms with Gasteiger partial charge in [-0.05, 0) is 19.3 Å². The van der Waals surface area contributed by atoms with Crippen LogP contribution < -0.4 is 0 Å². The Labute approximate surface area is 78.8 Å². The molecule has 1 aliphatic carbocycles. The van der Waals surface area contributed by atoms with Crippen molar-refractivity contribution in [3.05, 3.63) is 0 Å². The molecule has 80 valence electrons. The third-order valence-electron chi connectivity index (χ3n) is 2.71.